The van der Waals surface area contributed by atoms with E-state index in [9.17, 15) is 4.79 Å². The van der Waals surface area contributed by atoms with Crippen LogP contribution in [-0.2, 0) is 10.2 Å². The van der Waals surface area contributed by atoms with Gasteiger partial charge in [-0.2, -0.15) is 0 Å². The zero-order valence-corrected chi connectivity index (χ0v) is 19.2. The molecule has 1 amide bonds. The summed E-state index contributed by atoms with van der Waals surface area (Å²) in [6.07, 6.45) is 4.67. The van der Waals surface area contributed by atoms with E-state index in [0.717, 1.165) is 31.7 Å². The van der Waals surface area contributed by atoms with E-state index in [2.05, 4.69) is 27.8 Å². The SMILES string of the molecule is CCNC(=NCC(=O)N(C)C)NCC1(c2ccccc2OC)CCCC1.I. The summed E-state index contributed by atoms with van der Waals surface area (Å²) in [5.41, 5.74) is 1.29. The number of nitrogens with one attached hydrogen (secondary N) is 2. The van der Waals surface area contributed by atoms with Gasteiger partial charge in [-0.3, -0.25) is 4.79 Å². The van der Waals surface area contributed by atoms with E-state index in [1.807, 2.05) is 19.1 Å². The second-order valence-corrected chi connectivity index (χ2v) is 7.02. The summed E-state index contributed by atoms with van der Waals surface area (Å²) >= 11 is 0. The molecule has 1 aliphatic rings. The van der Waals surface area contributed by atoms with Crippen LogP contribution in [0.3, 0.4) is 0 Å². The van der Waals surface area contributed by atoms with Crippen molar-refractivity contribution < 1.29 is 9.53 Å². The van der Waals surface area contributed by atoms with E-state index < -0.39 is 0 Å². The molecule has 152 valence electrons. The number of rotatable bonds is 7. The number of para-hydroxylation sites is 1. The van der Waals surface area contributed by atoms with Gasteiger partial charge in [0.2, 0.25) is 5.91 Å². The predicted molar refractivity (Wildman–Crippen MR) is 121 cm³/mol. The Morgan fingerprint density at radius 3 is 2.48 bits per heavy atom. The fourth-order valence-corrected chi connectivity index (χ4v) is 3.56. The van der Waals surface area contributed by atoms with Crippen molar-refractivity contribution >= 4 is 35.8 Å². The number of likely N-dealkylation sites (N-methyl/N-ethyl adjacent to an activating group) is 1. The second kappa shape index (κ2) is 11.4. The summed E-state index contributed by atoms with van der Waals surface area (Å²) in [6.45, 7) is 3.69. The predicted octanol–water partition coefficient (Wildman–Crippen LogP) is 2.77. The first-order chi connectivity index (χ1) is 12.5. The number of methoxy groups -OCH3 is 1. The standard InChI is InChI=1S/C20H32N4O2.HI/c1-5-21-19(22-14-18(25)24(2)3)23-15-20(12-8-9-13-20)16-10-6-7-11-17(16)26-4;/h6-7,10-11H,5,8-9,12-15H2,1-4H3,(H2,21,22,23);1H. The van der Waals surface area contributed by atoms with Crippen molar-refractivity contribution in [3.63, 3.8) is 0 Å². The van der Waals surface area contributed by atoms with Crippen LogP contribution >= 0.6 is 24.0 Å². The molecule has 7 heteroatoms. The van der Waals surface area contributed by atoms with E-state index in [0.29, 0.717) is 5.96 Å². The molecule has 6 nitrogen and oxygen atoms in total. The van der Waals surface area contributed by atoms with E-state index >= 15 is 0 Å². The molecule has 1 aliphatic carbocycles. The van der Waals surface area contributed by atoms with Gasteiger partial charge in [0.05, 0.1) is 7.11 Å². The monoisotopic (exact) mass is 488 g/mol. The minimum atomic E-state index is -0.0116. The average molecular weight is 488 g/mol. The van der Waals surface area contributed by atoms with Crippen LogP contribution in [0.15, 0.2) is 29.3 Å². The van der Waals surface area contributed by atoms with Gasteiger partial charge in [-0.25, -0.2) is 4.99 Å². The van der Waals surface area contributed by atoms with Crippen molar-refractivity contribution in [3.05, 3.63) is 29.8 Å². The lowest BCUT2D eigenvalue weighted by Gasteiger charge is -2.32. The van der Waals surface area contributed by atoms with Crippen molar-refractivity contribution in [3.8, 4) is 5.75 Å². The third kappa shape index (κ3) is 6.26. The Kier molecular flexibility index (Phi) is 9.90. The highest BCUT2D eigenvalue weighted by molar-refractivity contribution is 14.0. The van der Waals surface area contributed by atoms with Crippen molar-refractivity contribution in [2.45, 2.75) is 38.0 Å². The van der Waals surface area contributed by atoms with Gasteiger partial charge in [0, 0.05) is 38.2 Å². The van der Waals surface area contributed by atoms with Gasteiger partial charge in [-0.1, -0.05) is 31.0 Å². The van der Waals surface area contributed by atoms with Crippen LogP contribution in [0.4, 0.5) is 0 Å². The Balaban J connectivity index is 0.00000364. The van der Waals surface area contributed by atoms with Crippen LogP contribution in [0.2, 0.25) is 0 Å². The Bertz CT molecular complexity index is 628. The normalized spacial score (nSPS) is 15.6. The van der Waals surface area contributed by atoms with E-state index in [4.69, 9.17) is 4.74 Å². The third-order valence-corrected chi connectivity index (χ3v) is 5.05. The molecule has 0 radical (unpaired) electrons. The van der Waals surface area contributed by atoms with Crippen molar-refractivity contribution in [2.24, 2.45) is 4.99 Å². The molecule has 2 rings (SSSR count). The Hall–Kier alpha value is -1.51. The maximum atomic E-state index is 11.8. The molecule has 1 aromatic carbocycles. The van der Waals surface area contributed by atoms with Gasteiger partial charge in [0.15, 0.2) is 5.96 Å². The summed E-state index contributed by atoms with van der Waals surface area (Å²) in [4.78, 5) is 17.8. The highest BCUT2D eigenvalue weighted by Crippen LogP contribution is 2.44. The molecule has 0 heterocycles. The molecular weight excluding hydrogens is 455 g/mol. The number of hydrogen-bond acceptors (Lipinski definition) is 3. The van der Waals surface area contributed by atoms with Crippen molar-refractivity contribution in [2.75, 3.05) is 40.8 Å². The molecule has 0 bridgehead atoms. The molecule has 0 unspecified atom stereocenters. The van der Waals surface area contributed by atoms with Crippen molar-refractivity contribution in [1.82, 2.24) is 15.5 Å². The van der Waals surface area contributed by atoms with Crippen LogP contribution in [0.25, 0.3) is 0 Å². The number of nitrogens with zero attached hydrogens (tertiary/aromatic N) is 2. The van der Waals surface area contributed by atoms with Crippen LogP contribution in [0.5, 0.6) is 5.75 Å². The molecule has 1 fully saturated rings. The first-order valence-corrected chi connectivity index (χ1v) is 9.38. The molecule has 0 saturated heterocycles. The molecule has 2 N–H and O–H groups in total. The molecule has 0 aromatic heterocycles. The second-order valence-electron chi connectivity index (χ2n) is 7.02. The molecule has 0 spiro atoms. The lowest BCUT2D eigenvalue weighted by molar-refractivity contribution is -0.127. The number of ether oxygens (including phenoxy) is 1. The molecular formula is C20H33IN4O2. The minimum absolute atomic E-state index is 0. The molecule has 0 atom stereocenters. The van der Waals surface area contributed by atoms with Gasteiger partial charge >= 0.3 is 0 Å². The fraction of sp³-hybridized carbons (Fsp3) is 0.600. The van der Waals surface area contributed by atoms with Gasteiger partial charge < -0.3 is 20.3 Å². The topological polar surface area (TPSA) is 66.0 Å². The third-order valence-electron chi connectivity index (χ3n) is 5.05. The zero-order chi connectivity index (χ0) is 19.0. The Morgan fingerprint density at radius 2 is 1.89 bits per heavy atom. The Labute approximate surface area is 180 Å². The number of guanidine groups is 1. The number of amides is 1. The fourth-order valence-electron chi connectivity index (χ4n) is 3.56. The van der Waals surface area contributed by atoms with Gasteiger partial charge in [0.25, 0.3) is 0 Å². The number of halogens is 1. The summed E-state index contributed by atoms with van der Waals surface area (Å²) in [5.74, 6) is 1.62. The molecule has 0 aliphatic heterocycles. The van der Waals surface area contributed by atoms with Gasteiger partial charge in [-0.15, -0.1) is 24.0 Å². The number of carbonyl (C=O) groups excluding carboxylic acids is 1. The number of aliphatic imine (C=N–C) groups is 1. The quantitative estimate of drug-likeness (QED) is 0.352. The summed E-state index contributed by atoms with van der Waals surface area (Å²) in [6, 6.07) is 8.29. The van der Waals surface area contributed by atoms with E-state index in [1.165, 1.54) is 18.4 Å². The van der Waals surface area contributed by atoms with Crippen LogP contribution in [0, 0.1) is 0 Å². The molecule has 1 saturated carbocycles. The van der Waals surface area contributed by atoms with Gasteiger partial charge in [-0.05, 0) is 25.8 Å². The lowest BCUT2D eigenvalue weighted by Crippen LogP contribution is -2.45. The minimum Gasteiger partial charge on any atom is -0.496 e. The average Bonchev–Trinajstić information content (AvgIpc) is 3.13. The van der Waals surface area contributed by atoms with Crippen LogP contribution in [-0.4, -0.2) is 57.6 Å². The number of hydrogen-bond donors (Lipinski definition) is 2. The lowest BCUT2D eigenvalue weighted by atomic mass is 9.78. The van der Waals surface area contributed by atoms with Crippen LogP contribution < -0.4 is 15.4 Å². The van der Waals surface area contributed by atoms with Crippen molar-refractivity contribution in [1.29, 1.82) is 0 Å². The van der Waals surface area contributed by atoms with Gasteiger partial charge in [0.1, 0.15) is 12.3 Å². The Morgan fingerprint density at radius 1 is 1.22 bits per heavy atom. The van der Waals surface area contributed by atoms with E-state index in [1.54, 1.807) is 26.1 Å². The first kappa shape index (κ1) is 23.5. The largest absolute Gasteiger partial charge is 0.496 e. The smallest absolute Gasteiger partial charge is 0.243 e. The van der Waals surface area contributed by atoms with E-state index in [-0.39, 0.29) is 41.8 Å². The maximum Gasteiger partial charge on any atom is 0.243 e. The highest BCUT2D eigenvalue weighted by Gasteiger charge is 2.37. The first-order valence-electron chi connectivity index (χ1n) is 9.38. The number of benzene rings is 1. The highest BCUT2D eigenvalue weighted by atomic mass is 127. The summed E-state index contributed by atoms with van der Waals surface area (Å²) < 4.78 is 5.62. The summed E-state index contributed by atoms with van der Waals surface area (Å²) in [7, 11) is 5.22. The molecule has 1 aromatic rings. The van der Waals surface area contributed by atoms with Crippen LogP contribution in [0.1, 0.15) is 38.2 Å². The number of carbonyl (C=O) groups is 1. The molecule has 27 heavy (non-hydrogen) atoms. The maximum absolute atomic E-state index is 11.8. The summed E-state index contributed by atoms with van der Waals surface area (Å²) in [5, 5.41) is 6.70. The zero-order valence-electron chi connectivity index (χ0n) is 16.9.